The van der Waals surface area contributed by atoms with Crippen molar-refractivity contribution in [3.05, 3.63) is 45.0 Å². The van der Waals surface area contributed by atoms with E-state index in [4.69, 9.17) is 28.3 Å². The van der Waals surface area contributed by atoms with Gasteiger partial charge in [0.1, 0.15) is 23.3 Å². The summed E-state index contributed by atoms with van der Waals surface area (Å²) in [6.45, 7) is 1.86. The topological polar surface area (TPSA) is 172 Å². The van der Waals surface area contributed by atoms with Crippen molar-refractivity contribution < 1.29 is 0 Å². The summed E-state index contributed by atoms with van der Waals surface area (Å²) in [4.78, 5) is 25.4. The van der Waals surface area contributed by atoms with Gasteiger partial charge >= 0.3 is 0 Å². The van der Waals surface area contributed by atoms with E-state index in [0.717, 1.165) is 0 Å². The molecule has 0 amide bonds. The zero-order valence-corrected chi connectivity index (χ0v) is 16.1. The van der Waals surface area contributed by atoms with Gasteiger partial charge < -0.3 is 16.8 Å². The molecule has 0 radical (unpaired) electrons. The fraction of sp³-hybridized carbons (Fsp3) is 0.222. The molecular weight excluding hydrogens is 394 g/mol. The average molecular weight is 410 g/mol. The number of nitrogen functional groups attached to an aromatic ring is 2. The molecule has 0 unspecified atom stereocenters. The van der Waals surface area contributed by atoms with E-state index >= 15 is 0 Å². The Morgan fingerprint density at radius 3 is 2.72 bits per heavy atom. The molecule has 2 aromatic heterocycles. The van der Waals surface area contributed by atoms with Crippen LogP contribution in [0.5, 0.6) is 0 Å². The Morgan fingerprint density at radius 1 is 1.28 bits per heavy atom. The van der Waals surface area contributed by atoms with Gasteiger partial charge in [-0.25, -0.2) is 4.98 Å². The largest absolute Gasteiger partial charge is 0.382 e. The lowest BCUT2D eigenvalue weighted by Gasteiger charge is -2.20. The molecule has 146 valence electrons. The van der Waals surface area contributed by atoms with Crippen LogP contribution in [0, 0.1) is 22.7 Å². The molecule has 0 saturated carbocycles. The standard InChI is InChI=1S/C18H16ClN9O/c1-9(24-15-10(8-21)14(22)26-18(23)27-15)16-25-12-5-2-4-11(19)13(12)17(29)28(16)7-3-6-20/h2,4-5,9H,3,7H2,1H3,(H5,22,23,24,26,27)/t9-/m0/s1. The summed E-state index contributed by atoms with van der Waals surface area (Å²) in [6.07, 6.45) is 0.105. The molecule has 3 aromatic rings. The summed E-state index contributed by atoms with van der Waals surface area (Å²) in [5.41, 5.74) is 11.5. The SMILES string of the molecule is C[C@H](Nc1nc(N)nc(N)c1C#N)c1nc2cccc(Cl)c2c(=O)n1CCC#N. The Bertz CT molecular complexity index is 1240. The van der Waals surface area contributed by atoms with Crippen molar-refractivity contribution in [1.29, 1.82) is 10.5 Å². The summed E-state index contributed by atoms with van der Waals surface area (Å²) >= 11 is 6.19. The fourth-order valence-corrected chi connectivity index (χ4v) is 3.18. The first-order chi connectivity index (χ1) is 13.9. The number of nitriles is 2. The number of halogens is 1. The number of hydrogen-bond donors (Lipinski definition) is 3. The number of hydrogen-bond acceptors (Lipinski definition) is 9. The van der Waals surface area contributed by atoms with Gasteiger partial charge in [-0.15, -0.1) is 0 Å². The lowest BCUT2D eigenvalue weighted by Crippen LogP contribution is -2.29. The van der Waals surface area contributed by atoms with E-state index in [0.29, 0.717) is 11.3 Å². The number of nitrogens with zero attached hydrogens (tertiary/aromatic N) is 6. The summed E-state index contributed by atoms with van der Waals surface area (Å²) in [6, 6.07) is 8.34. The monoisotopic (exact) mass is 409 g/mol. The van der Waals surface area contributed by atoms with Crippen LogP contribution < -0.4 is 22.3 Å². The smallest absolute Gasteiger partial charge is 0.262 e. The van der Waals surface area contributed by atoms with Crippen molar-refractivity contribution in [2.24, 2.45) is 0 Å². The molecule has 10 nitrogen and oxygen atoms in total. The fourth-order valence-electron chi connectivity index (χ4n) is 2.93. The second kappa shape index (κ2) is 8.00. The number of nitrogens with two attached hydrogens (primary N) is 2. The molecule has 2 heterocycles. The number of nitrogens with one attached hydrogen (secondary N) is 1. The van der Waals surface area contributed by atoms with Crippen molar-refractivity contribution in [2.75, 3.05) is 16.8 Å². The minimum atomic E-state index is -0.578. The van der Waals surface area contributed by atoms with E-state index in [1.54, 1.807) is 25.1 Å². The van der Waals surface area contributed by atoms with Gasteiger partial charge in [0.2, 0.25) is 5.95 Å². The maximum absolute atomic E-state index is 13.0. The van der Waals surface area contributed by atoms with Gasteiger partial charge in [-0.3, -0.25) is 9.36 Å². The van der Waals surface area contributed by atoms with E-state index in [9.17, 15) is 10.1 Å². The molecule has 5 N–H and O–H groups in total. The molecule has 0 aliphatic heterocycles. The summed E-state index contributed by atoms with van der Waals surface area (Å²) in [7, 11) is 0. The molecule has 0 bridgehead atoms. The quantitative estimate of drug-likeness (QED) is 0.569. The number of aromatic nitrogens is 4. The molecule has 3 rings (SSSR count). The molecule has 11 heteroatoms. The Balaban J connectivity index is 2.15. The number of rotatable bonds is 5. The van der Waals surface area contributed by atoms with Crippen LogP contribution in [0.3, 0.4) is 0 Å². The lowest BCUT2D eigenvalue weighted by molar-refractivity contribution is 0.601. The average Bonchev–Trinajstić information content (AvgIpc) is 2.66. The second-order valence-corrected chi connectivity index (χ2v) is 6.54. The zero-order valence-electron chi connectivity index (χ0n) is 15.3. The molecule has 1 atom stereocenters. The van der Waals surface area contributed by atoms with Crippen LogP contribution in [-0.4, -0.2) is 19.5 Å². The maximum atomic E-state index is 13.0. The van der Waals surface area contributed by atoms with Gasteiger partial charge in [0.15, 0.2) is 5.82 Å². The number of fused-ring (bicyclic) bond motifs is 1. The molecule has 0 spiro atoms. The predicted octanol–water partition coefficient (Wildman–Crippen LogP) is 1.96. The van der Waals surface area contributed by atoms with Crippen LogP contribution in [-0.2, 0) is 6.54 Å². The molecule has 29 heavy (non-hydrogen) atoms. The highest BCUT2D eigenvalue weighted by Gasteiger charge is 2.20. The van der Waals surface area contributed by atoms with Crippen molar-refractivity contribution in [1.82, 2.24) is 19.5 Å². The third-order valence-corrected chi connectivity index (χ3v) is 4.53. The van der Waals surface area contributed by atoms with Gasteiger partial charge in [-0.2, -0.15) is 20.5 Å². The van der Waals surface area contributed by atoms with Gasteiger partial charge in [-0.05, 0) is 19.1 Å². The van der Waals surface area contributed by atoms with Crippen LogP contribution in [0.15, 0.2) is 23.0 Å². The molecule has 0 saturated heterocycles. The van der Waals surface area contributed by atoms with Crippen molar-refractivity contribution in [2.45, 2.75) is 25.9 Å². The van der Waals surface area contributed by atoms with E-state index < -0.39 is 6.04 Å². The van der Waals surface area contributed by atoms with Gasteiger partial charge in [0.25, 0.3) is 5.56 Å². The van der Waals surface area contributed by atoms with Crippen LogP contribution >= 0.6 is 11.6 Å². The highest BCUT2D eigenvalue weighted by molar-refractivity contribution is 6.35. The Morgan fingerprint density at radius 2 is 2.03 bits per heavy atom. The highest BCUT2D eigenvalue weighted by Crippen LogP contribution is 2.25. The predicted molar refractivity (Wildman–Crippen MR) is 109 cm³/mol. The van der Waals surface area contributed by atoms with Gasteiger partial charge in [0.05, 0.1) is 34.5 Å². The van der Waals surface area contributed by atoms with E-state index in [1.807, 2.05) is 12.1 Å². The minimum Gasteiger partial charge on any atom is -0.382 e. The number of benzene rings is 1. The summed E-state index contributed by atoms with van der Waals surface area (Å²) in [5.74, 6) is 0.308. The molecular formula is C18H16ClN9O. The maximum Gasteiger partial charge on any atom is 0.262 e. The first kappa shape index (κ1) is 19.9. The third kappa shape index (κ3) is 3.74. The molecule has 1 aromatic carbocycles. The Hall–Kier alpha value is -3.89. The van der Waals surface area contributed by atoms with Crippen molar-refractivity contribution >= 4 is 40.1 Å². The van der Waals surface area contributed by atoms with Gasteiger partial charge in [0, 0.05) is 6.54 Å². The molecule has 0 fully saturated rings. The van der Waals surface area contributed by atoms with Crippen LogP contribution in [0.1, 0.15) is 30.8 Å². The minimum absolute atomic E-state index is 0.0285. The van der Waals surface area contributed by atoms with E-state index in [2.05, 4.69) is 20.3 Å². The normalized spacial score (nSPS) is 11.6. The van der Waals surface area contributed by atoms with Gasteiger partial charge in [-0.1, -0.05) is 17.7 Å². The second-order valence-electron chi connectivity index (χ2n) is 6.14. The first-order valence-corrected chi connectivity index (χ1v) is 8.90. The lowest BCUT2D eigenvalue weighted by atomic mass is 10.2. The van der Waals surface area contributed by atoms with Crippen LogP contribution in [0.4, 0.5) is 17.6 Å². The Kier molecular flexibility index (Phi) is 5.48. The number of anilines is 3. The third-order valence-electron chi connectivity index (χ3n) is 4.22. The molecule has 0 aliphatic carbocycles. The summed E-state index contributed by atoms with van der Waals surface area (Å²) < 4.78 is 1.38. The van der Waals surface area contributed by atoms with E-state index in [-0.39, 0.29) is 52.1 Å². The Labute approximate surface area is 170 Å². The van der Waals surface area contributed by atoms with Crippen molar-refractivity contribution in [3.8, 4) is 12.1 Å². The van der Waals surface area contributed by atoms with Crippen LogP contribution in [0.25, 0.3) is 10.9 Å². The van der Waals surface area contributed by atoms with Crippen molar-refractivity contribution in [3.63, 3.8) is 0 Å². The highest BCUT2D eigenvalue weighted by atomic mass is 35.5. The van der Waals surface area contributed by atoms with E-state index in [1.165, 1.54) is 4.57 Å². The first-order valence-electron chi connectivity index (χ1n) is 8.53. The molecule has 0 aliphatic rings. The van der Waals surface area contributed by atoms with Crippen LogP contribution in [0.2, 0.25) is 5.02 Å². The summed E-state index contributed by atoms with van der Waals surface area (Å²) in [5, 5.41) is 21.9. The zero-order chi connectivity index (χ0) is 21.1.